The highest BCUT2D eigenvalue weighted by atomic mass is 32.2. The van der Waals surface area contributed by atoms with E-state index in [-0.39, 0.29) is 31.3 Å². The molecule has 0 fully saturated rings. The van der Waals surface area contributed by atoms with Crippen molar-refractivity contribution in [3.05, 3.63) is 84.8 Å². The number of fused-ring (bicyclic) bond motifs is 4. The number of benzene rings is 2. The number of amides is 1. The topological polar surface area (TPSA) is 111 Å². The summed E-state index contributed by atoms with van der Waals surface area (Å²) < 4.78 is 81.2. The molecule has 3 heterocycles. The van der Waals surface area contributed by atoms with Crippen LogP contribution >= 0.6 is 0 Å². The zero-order valence-electron chi connectivity index (χ0n) is 23.1. The van der Waals surface area contributed by atoms with Crippen LogP contribution in [0.25, 0.3) is 11.4 Å². The highest BCUT2D eigenvalue weighted by Crippen LogP contribution is 2.31. The predicted molar refractivity (Wildman–Crippen MR) is 150 cm³/mol. The number of carbonyl (C=O) groups is 1. The molecular formula is C29H30F3N5O5S. The average Bonchev–Trinajstić information content (AvgIpc) is 3.69. The van der Waals surface area contributed by atoms with Crippen LogP contribution in [0.4, 0.5) is 13.2 Å². The second kappa shape index (κ2) is 13.0. The number of hydrogen-bond acceptors (Lipinski definition) is 7. The van der Waals surface area contributed by atoms with Crippen LogP contribution in [-0.4, -0.2) is 70.9 Å². The van der Waals surface area contributed by atoms with Crippen molar-refractivity contribution in [3.63, 3.8) is 0 Å². The lowest BCUT2D eigenvalue weighted by molar-refractivity contribution is -0.137. The number of aryl methyl sites for hydroxylation is 1. The molecule has 1 aliphatic heterocycles. The number of carbonyl (C=O) groups excluding carboxylic acids is 1. The van der Waals surface area contributed by atoms with Crippen LogP contribution in [0.5, 0.6) is 5.75 Å². The summed E-state index contributed by atoms with van der Waals surface area (Å²) in [7, 11) is -4.30. The van der Waals surface area contributed by atoms with Crippen LogP contribution in [0.2, 0.25) is 0 Å². The largest absolute Gasteiger partial charge is 0.492 e. The molecule has 1 aliphatic rings. The molecule has 228 valence electrons. The summed E-state index contributed by atoms with van der Waals surface area (Å²) in [5.41, 5.74) is -0.0970. The first-order valence-electron chi connectivity index (χ1n) is 13.7. The molecule has 0 N–H and O–H groups in total. The Morgan fingerprint density at radius 2 is 1.70 bits per heavy atom. The van der Waals surface area contributed by atoms with Gasteiger partial charge >= 0.3 is 6.18 Å². The molecule has 4 aromatic rings. The molecule has 0 atom stereocenters. The van der Waals surface area contributed by atoms with Gasteiger partial charge in [0.1, 0.15) is 24.4 Å². The van der Waals surface area contributed by atoms with Gasteiger partial charge in [-0.15, -0.1) is 0 Å². The molecule has 10 nitrogen and oxygen atoms in total. The van der Waals surface area contributed by atoms with Crippen molar-refractivity contribution in [1.29, 1.82) is 0 Å². The Morgan fingerprint density at radius 3 is 2.49 bits per heavy atom. The summed E-state index contributed by atoms with van der Waals surface area (Å²) in [6.45, 7) is 1.19. The van der Waals surface area contributed by atoms with Crippen LogP contribution in [0, 0.1) is 0 Å². The lowest BCUT2D eigenvalue weighted by Gasteiger charge is -2.25. The van der Waals surface area contributed by atoms with Crippen LogP contribution in [0.15, 0.2) is 82.9 Å². The van der Waals surface area contributed by atoms with E-state index in [1.54, 1.807) is 29.3 Å². The van der Waals surface area contributed by atoms with Gasteiger partial charge in [0.15, 0.2) is 12.1 Å². The van der Waals surface area contributed by atoms with Gasteiger partial charge in [-0.05, 0) is 49.6 Å². The normalized spacial score (nSPS) is 16.2. The Balaban J connectivity index is 1.42. The molecule has 1 amide bonds. The van der Waals surface area contributed by atoms with Crippen LogP contribution in [0.3, 0.4) is 0 Å². The number of imidazole rings is 1. The van der Waals surface area contributed by atoms with Crippen molar-refractivity contribution in [2.24, 2.45) is 0 Å². The van der Waals surface area contributed by atoms with Gasteiger partial charge in [-0.25, -0.2) is 18.4 Å². The fraction of sp³-hybridized carbons (Fsp3) is 0.345. The van der Waals surface area contributed by atoms with Gasteiger partial charge in [-0.2, -0.15) is 17.5 Å². The molecule has 0 aliphatic carbocycles. The monoisotopic (exact) mass is 617 g/mol. The number of nitrogens with zero attached hydrogens (tertiary/aromatic N) is 5. The Bertz CT molecular complexity index is 1640. The number of halogens is 3. The van der Waals surface area contributed by atoms with E-state index in [2.05, 4.69) is 9.97 Å². The van der Waals surface area contributed by atoms with Crippen molar-refractivity contribution in [2.75, 3.05) is 32.8 Å². The minimum Gasteiger partial charge on any atom is -0.492 e. The first-order chi connectivity index (χ1) is 20.6. The molecule has 0 saturated heterocycles. The van der Waals surface area contributed by atoms with Crippen molar-refractivity contribution < 1.29 is 35.5 Å². The van der Waals surface area contributed by atoms with E-state index in [1.807, 2.05) is 16.8 Å². The fourth-order valence-corrected chi connectivity index (χ4v) is 6.40. The molecular weight excluding hydrogens is 587 g/mol. The van der Waals surface area contributed by atoms with E-state index >= 15 is 0 Å². The molecule has 0 unspecified atom stereocenters. The van der Waals surface area contributed by atoms with E-state index in [1.165, 1.54) is 12.7 Å². The van der Waals surface area contributed by atoms with Crippen LogP contribution < -0.4 is 4.74 Å². The second-order valence-electron chi connectivity index (χ2n) is 9.98. The third-order valence-electron chi connectivity index (χ3n) is 7.07. The average molecular weight is 618 g/mol. The van der Waals surface area contributed by atoms with Gasteiger partial charge in [-0.3, -0.25) is 4.79 Å². The molecule has 14 heteroatoms. The molecule has 0 spiro atoms. The quantitative estimate of drug-likeness (QED) is 0.320. The second-order valence-corrected chi connectivity index (χ2v) is 11.9. The van der Waals surface area contributed by atoms with E-state index in [9.17, 15) is 26.4 Å². The van der Waals surface area contributed by atoms with Crippen molar-refractivity contribution >= 4 is 15.9 Å². The summed E-state index contributed by atoms with van der Waals surface area (Å²) in [4.78, 5) is 22.8. The zero-order chi connectivity index (χ0) is 30.5. The zero-order valence-corrected chi connectivity index (χ0v) is 23.9. The number of aromatic nitrogens is 3. The Kier molecular flexibility index (Phi) is 9.16. The third-order valence-corrected chi connectivity index (χ3v) is 8.96. The lowest BCUT2D eigenvalue weighted by Crippen LogP contribution is -2.37. The van der Waals surface area contributed by atoms with Crippen molar-refractivity contribution in [3.8, 4) is 17.1 Å². The SMILES string of the molecule is O=C(c1cocn1)N1CCCCN(S(=O)(=O)c2cccc(C(F)(F)F)c2)CCOc2cccc(c2)-c2nccn2CCC1. The summed E-state index contributed by atoms with van der Waals surface area (Å²) in [6, 6.07) is 10.9. The minimum absolute atomic E-state index is 0.0172. The first kappa shape index (κ1) is 30.3. The first-order valence-corrected chi connectivity index (χ1v) is 15.2. The molecule has 0 saturated carbocycles. The molecule has 2 aromatic heterocycles. The summed E-state index contributed by atoms with van der Waals surface area (Å²) >= 11 is 0. The Labute approximate surface area is 246 Å². The summed E-state index contributed by atoms with van der Waals surface area (Å²) in [6.07, 6.45) is 2.71. The highest BCUT2D eigenvalue weighted by molar-refractivity contribution is 7.89. The van der Waals surface area contributed by atoms with E-state index in [4.69, 9.17) is 9.15 Å². The van der Waals surface area contributed by atoms with E-state index in [0.29, 0.717) is 56.5 Å². The fourth-order valence-electron chi connectivity index (χ4n) is 4.89. The summed E-state index contributed by atoms with van der Waals surface area (Å²) in [5.74, 6) is 0.891. The highest BCUT2D eigenvalue weighted by Gasteiger charge is 2.33. The minimum atomic E-state index is -4.69. The maximum Gasteiger partial charge on any atom is 0.416 e. The van der Waals surface area contributed by atoms with Gasteiger partial charge in [0.25, 0.3) is 5.91 Å². The molecule has 5 rings (SSSR count). The van der Waals surface area contributed by atoms with Gasteiger partial charge in [-0.1, -0.05) is 18.2 Å². The van der Waals surface area contributed by atoms with E-state index in [0.717, 1.165) is 28.1 Å². The maximum atomic E-state index is 13.6. The van der Waals surface area contributed by atoms with Crippen LogP contribution in [-0.2, 0) is 22.7 Å². The third kappa shape index (κ3) is 7.25. The number of rotatable bonds is 3. The van der Waals surface area contributed by atoms with Gasteiger partial charge < -0.3 is 18.6 Å². The van der Waals surface area contributed by atoms with Gasteiger partial charge in [0.2, 0.25) is 10.0 Å². The number of alkyl halides is 3. The van der Waals surface area contributed by atoms with Crippen LogP contribution in [0.1, 0.15) is 35.3 Å². The number of hydrogen-bond donors (Lipinski definition) is 0. The lowest BCUT2D eigenvalue weighted by atomic mass is 10.2. The predicted octanol–water partition coefficient (Wildman–Crippen LogP) is 4.95. The van der Waals surface area contributed by atoms with Gasteiger partial charge in [0.05, 0.1) is 10.5 Å². The molecule has 2 aromatic carbocycles. The Morgan fingerprint density at radius 1 is 0.907 bits per heavy atom. The maximum absolute atomic E-state index is 13.6. The number of oxazole rings is 1. The van der Waals surface area contributed by atoms with Crippen molar-refractivity contribution in [1.82, 2.24) is 23.7 Å². The molecule has 2 bridgehead atoms. The number of ether oxygens (including phenoxy) is 1. The Hall–Kier alpha value is -4.17. The van der Waals surface area contributed by atoms with E-state index < -0.39 is 26.7 Å². The standard InChI is InChI=1S/C29H30F3N5O5S/c30-29(31,32)23-7-4-9-25(19-23)43(39,40)37-14-2-1-11-36(28(38)26-20-41-21-34-26)13-5-12-35-15-10-33-27(35)22-6-3-8-24(18-22)42-17-16-37/h3-4,6-10,15,18-21H,1-2,5,11-14,16-17H2. The van der Waals surface area contributed by atoms with Gasteiger partial charge in [0, 0.05) is 50.7 Å². The molecule has 0 radical (unpaired) electrons. The van der Waals surface area contributed by atoms with Crippen molar-refractivity contribution in [2.45, 2.75) is 36.9 Å². The summed E-state index contributed by atoms with van der Waals surface area (Å²) in [5, 5.41) is 0. The number of sulfonamides is 1. The molecule has 43 heavy (non-hydrogen) atoms. The smallest absolute Gasteiger partial charge is 0.416 e.